The fourth-order valence-electron chi connectivity index (χ4n) is 1.93. The molecular weight excluding hydrogens is 248 g/mol. The summed E-state index contributed by atoms with van der Waals surface area (Å²) in [6.45, 7) is 0. The summed E-state index contributed by atoms with van der Waals surface area (Å²) < 4.78 is 26.6. The fourth-order valence-corrected chi connectivity index (χ4v) is 1.93. The van der Waals surface area contributed by atoms with Gasteiger partial charge in [0.15, 0.2) is 0 Å². The summed E-state index contributed by atoms with van der Waals surface area (Å²) in [6.07, 6.45) is 0. The number of benzene rings is 2. The quantitative estimate of drug-likeness (QED) is 0.724. The van der Waals surface area contributed by atoms with E-state index in [9.17, 15) is 8.78 Å². The lowest BCUT2D eigenvalue weighted by molar-refractivity contribution is 0.585. The molecule has 0 atom stereocenters. The predicted molar refractivity (Wildman–Crippen MR) is 66.2 cm³/mol. The first-order valence-corrected chi connectivity index (χ1v) is 5.53. The van der Waals surface area contributed by atoms with E-state index in [1.165, 1.54) is 6.07 Å². The highest BCUT2D eigenvalue weighted by Crippen LogP contribution is 2.25. The topological polar surface area (TPSA) is 52.5 Å². The van der Waals surface area contributed by atoms with Gasteiger partial charge in [0.25, 0.3) is 0 Å². The van der Waals surface area contributed by atoms with Gasteiger partial charge in [-0.05, 0) is 24.3 Å². The van der Waals surface area contributed by atoms with Gasteiger partial charge in [-0.2, -0.15) is 5.26 Å². The molecule has 19 heavy (non-hydrogen) atoms. The van der Waals surface area contributed by atoms with E-state index in [2.05, 4.69) is 9.97 Å². The summed E-state index contributed by atoms with van der Waals surface area (Å²) in [6, 6.07) is 10.4. The molecule has 0 aliphatic rings. The first kappa shape index (κ1) is 11.4. The number of nitrogens with zero attached hydrogens (tertiary/aromatic N) is 2. The molecule has 3 nitrogen and oxygen atoms in total. The number of fused-ring (bicyclic) bond motifs is 1. The number of aromatic nitrogens is 2. The van der Waals surface area contributed by atoms with E-state index in [0.29, 0.717) is 16.6 Å². The van der Waals surface area contributed by atoms with Gasteiger partial charge in [-0.15, -0.1) is 0 Å². The Morgan fingerprint density at radius 3 is 2.74 bits per heavy atom. The van der Waals surface area contributed by atoms with Crippen LogP contribution in [0.25, 0.3) is 22.4 Å². The van der Waals surface area contributed by atoms with Crippen molar-refractivity contribution in [1.82, 2.24) is 9.97 Å². The summed E-state index contributed by atoms with van der Waals surface area (Å²) in [7, 11) is 0. The molecule has 0 aliphatic heterocycles. The lowest BCUT2D eigenvalue weighted by Gasteiger charge is -1.98. The summed E-state index contributed by atoms with van der Waals surface area (Å²) in [5.74, 6) is -1.07. The minimum atomic E-state index is -0.697. The second-order valence-electron chi connectivity index (χ2n) is 4.02. The number of nitrogens with one attached hydrogen (secondary N) is 1. The Morgan fingerprint density at radius 2 is 2.00 bits per heavy atom. The number of H-pyrrole nitrogens is 1. The Hall–Kier alpha value is -2.74. The Balaban J connectivity index is 2.24. The zero-order valence-corrected chi connectivity index (χ0v) is 9.61. The first-order chi connectivity index (χ1) is 9.19. The van der Waals surface area contributed by atoms with Crippen LogP contribution in [0.3, 0.4) is 0 Å². The van der Waals surface area contributed by atoms with Gasteiger partial charge in [0, 0.05) is 6.07 Å². The molecule has 0 amide bonds. The zero-order chi connectivity index (χ0) is 13.4. The molecule has 3 rings (SSSR count). The Labute approximate surface area is 107 Å². The number of hydrogen-bond donors (Lipinski definition) is 1. The number of aromatic amines is 1. The van der Waals surface area contributed by atoms with E-state index in [4.69, 9.17) is 5.26 Å². The highest BCUT2D eigenvalue weighted by molar-refractivity contribution is 5.84. The van der Waals surface area contributed by atoms with Crippen LogP contribution in [0.15, 0.2) is 36.4 Å². The number of halogens is 2. The molecule has 1 heterocycles. The van der Waals surface area contributed by atoms with Crippen LogP contribution in [0.4, 0.5) is 8.78 Å². The van der Waals surface area contributed by atoms with Crippen molar-refractivity contribution in [3.8, 4) is 17.5 Å². The average Bonchev–Trinajstić information content (AvgIpc) is 2.81. The molecule has 92 valence electrons. The molecule has 1 N–H and O–H groups in total. The van der Waals surface area contributed by atoms with Crippen molar-refractivity contribution < 1.29 is 8.78 Å². The molecular formula is C14H7F2N3. The summed E-state index contributed by atoms with van der Waals surface area (Å²) >= 11 is 0. The highest BCUT2D eigenvalue weighted by atomic mass is 19.1. The number of nitriles is 1. The largest absolute Gasteiger partial charge is 0.338 e. The van der Waals surface area contributed by atoms with E-state index < -0.39 is 11.6 Å². The molecule has 0 fully saturated rings. The lowest BCUT2D eigenvalue weighted by Crippen LogP contribution is -1.87. The van der Waals surface area contributed by atoms with E-state index in [0.717, 1.165) is 12.1 Å². The molecule has 3 aromatic rings. The highest BCUT2D eigenvalue weighted by Gasteiger charge is 2.12. The van der Waals surface area contributed by atoms with Crippen molar-refractivity contribution in [3.05, 3.63) is 53.6 Å². The minimum Gasteiger partial charge on any atom is -0.338 e. The molecule has 0 saturated carbocycles. The van der Waals surface area contributed by atoms with Crippen LogP contribution in [0, 0.1) is 23.0 Å². The van der Waals surface area contributed by atoms with E-state index in [1.807, 2.05) is 6.07 Å². The van der Waals surface area contributed by atoms with Crippen molar-refractivity contribution in [1.29, 1.82) is 5.26 Å². The molecule has 1 aromatic heterocycles. The summed E-state index contributed by atoms with van der Waals surface area (Å²) in [5, 5.41) is 8.98. The Morgan fingerprint density at radius 1 is 1.16 bits per heavy atom. The molecule has 0 bridgehead atoms. The van der Waals surface area contributed by atoms with E-state index in [-0.39, 0.29) is 11.4 Å². The Kier molecular flexibility index (Phi) is 2.50. The summed E-state index contributed by atoms with van der Waals surface area (Å²) in [4.78, 5) is 7.13. The third kappa shape index (κ3) is 1.83. The van der Waals surface area contributed by atoms with Crippen molar-refractivity contribution >= 4 is 11.0 Å². The first-order valence-electron chi connectivity index (χ1n) is 5.53. The number of hydrogen-bond acceptors (Lipinski definition) is 2. The second-order valence-corrected chi connectivity index (χ2v) is 4.02. The van der Waals surface area contributed by atoms with Crippen LogP contribution < -0.4 is 0 Å². The number of imidazole rings is 1. The molecule has 0 aliphatic carbocycles. The maximum absolute atomic E-state index is 13.7. The normalized spacial score (nSPS) is 10.6. The molecule has 0 saturated heterocycles. The van der Waals surface area contributed by atoms with Crippen molar-refractivity contribution in [2.24, 2.45) is 0 Å². The monoisotopic (exact) mass is 255 g/mol. The van der Waals surface area contributed by atoms with Gasteiger partial charge < -0.3 is 4.98 Å². The molecule has 0 radical (unpaired) electrons. The zero-order valence-electron chi connectivity index (χ0n) is 9.61. The van der Waals surface area contributed by atoms with Crippen LogP contribution in [0.2, 0.25) is 0 Å². The molecule has 2 aromatic carbocycles. The molecule has 0 unspecified atom stereocenters. The van der Waals surface area contributed by atoms with Gasteiger partial charge in [-0.3, -0.25) is 0 Å². The number of rotatable bonds is 1. The van der Waals surface area contributed by atoms with Gasteiger partial charge in [0.05, 0.1) is 16.6 Å². The van der Waals surface area contributed by atoms with Gasteiger partial charge >= 0.3 is 0 Å². The van der Waals surface area contributed by atoms with Crippen molar-refractivity contribution in [2.75, 3.05) is 0 Å². The van der Waals surface area contributed by atoms with Gasteiger partial charge in [-0.1, -0.05) is 6.07 Å². The average molecular weight is 255 g/mol. The van der Waals surface area contributed by atoms with Gasteiger partial charge in [0.1, 0.15) is 29.0 Å². The van der Waals surface area contributed by atoms with Crippen LogP contribution >= 0.6 is 0 Å². The molecule has 0 spiro atoms. The SMILES string of the molecule is N#Cc1cccc2[nH]c(-c3ccc(F)cc3F)nc12. The predicted octanol–water partition coefficient (Wildman–Crippen LogP) is 3.38. The second kappa shape index (κ2) is 4.18. The van der Waals surface area contributed by atoms with Crippen molar-refractivity contribution in [2.45, 2.75) is 0 Å². The lowest BCUT2D eigenvalue weighted by atomic mass is 10.2. The van der Waals surface area contributed by atoms with Crippen LogP contribution in [-0.2, 0) is 0 Å². The van der Waals surface area contributed by atoms with Gasteiger partial charge in [-0.25, -0.2) is 13.8 Å². The minimum absolute atomic E-state index is 0.168. The maximum Gasteiger partial charge on any atom is 0.141 e. The Bertz CT molecular complexity index is 815. The fraction of sp³-hybridized carbons (Fsp3) is 0. The van der Waals surface area contributed by atoms with Crippen molar-refractivity contribution in [3.63, 3.8) is 0 Å². The van der Waals surface area contributed by atoms with Crippen LogP contribution in [0.1, 0.15) is 5.56 Å². The maximum atomic E-state index is 13.7. The standard InChI is InChI=1S/C14H7F2N3/c15-9-4-5-10(11(16)6-9)14-18-12-3-1-2-8(7-17)13(12)19-14/h1-6H,(H,18,19). The van der Waals surface area contributed by atoms with Crippen LogP contribution in [0.5, 0.6) is 0 Å². The third-order valence-electron chi connectivity index (χ3n) is 2.82. The van der Waals surface area contributed by atoms with Gasteiger partial charge in [0.2, 0.25) is 0 Å². The molecule has 5 heteroatoms. The van der Waals surface area contributed by atoms with E-state index in [1.54, 1.807) is 18.2 Å². The summed E-state index contributed by atoms with van der Waals surface area (Å²) in [5.41, 5.74) is 1.69. The van der Waals surface area contributed by atoms with Crippen LogP contribution in [-0.4, -0.2) is 9.97 Å². The smallest absolute Gasteiger partial charge is 0.141 e. The van der Waals surface area contributed by atoms with E-state index >= 15 is 0 Å². The third-order valence-corrected chi connectivity index (χ3v) is 2.82. The number of para-hydroxylation sites is 1.